The number of rotatable bonds is 3. The molecule has 0 aliphatic heterocycles. The van der Waals surface area contributed by atoms with E-state index >= 15 is 0 Å². The summed E-state index contributed by atoms with van der Waals surface area (Å²) in [4.78, 5) is 9.36. The van der Waals surface area contributed by atoms with Crippen molar-refractivity contribution in [3.05, 3.63) is 81.9 Å². The Morgan fingerprint density at radius 2 is 1.43 bits per heavy atom. The second-order valence-corrected chi connectivity index (χ2v) is 5.69. The zero-order valence-corrected chi connectivity index (χ0v) is 12.1. The molecule has 1 N–H and O–H groups in total. The average Bonchev–Trinajstić information content (AvgIpc) is 2.39. The highest BCUT2D eigenvalue weighted by Crippen LogP contribution is 2.21. The van der Waals surface area contributed by atoms with Crippen molar-refractivity contribution in [2.45, 2.75) is 12.3 Å². The fourth-order valence-corrected chi connectivity index (χ4v) is 2.27. The SMILES string of the molecule is Cc1ccccc1.O=[N+]([O-])C(c1ccccc1)S(=O)(=O)O. The molecule has 0 saturated carbocycles. The van der Waals surface area contributed by atoms with Crippen molar-refractivity contribution >= 4 is 10.1 Å². The Morgan fingerprint density at radius 3 is 1.71 bits per heavy atom. The van der Waals surface area contributed by atoms with Crippen LogP contribution >= 0.6 is 0 Å². The number of hydrogen-bond donors (Lipinski definition) is 1. The molecule has 0 radical (unpaired) electrons. The fraction of sp³-hybridized carbons (Fsp3) is 0.143. The molecule has 0 spiro atoms. The molecule has 0 bridgehead atoms. The van der Waals surface area contributed by atoms with E-state index < -0.39 is 20.4 Å². The van der Waals surface area contributed by atoms with Crippen molar-refractivity contribution in [3.8, 4) is 0 Å². The van der Waals surface area contributed by atoms with Gasteiger partial charge in [0.1, 0.15) is 0 Å². The number of nitro groups is 1. The van der Waals surface area contributed by atoms with E-state index in [2.05, 4.69) is 19.1 Å². The molecule has 21 heavy (non-hydrogen) atoms. The largest absolute Gasteiger partial charge is 0.359 e. The smallest absolute Gasteiger partial charge is 0.280 e. The van der Waals surface area contributed by atoms with Crippen LogP contribution in [0.25, 0.3) is 0 Å². The molecule has 1 atom stereocenters. The third-order valence-corrected chi connectivity index (χ3v) is 3.51. The summed E-state index contributed by atoms with van der Waals surface area (Å²) in [6.07, 6.45) is 0. The van der Waals surface area contributed by atoms with Gasteiger partial charge in [-0.05, 0) is 6.92 Å². The van der Waals surface area contributed by atoms with Gasteiger partial charge in [0, 0.05) is 10.5 Å². The number of hydrogen-bond acceptors (Lipinski definition) is 4. The van der Waals surface area contributed by atoms with Crippen molar-refractivity contribution in [2.24, 2.45) is 0 Å². The van der Waals surface area contributed by atoms with Gasteiger partial charge >= 0.3 is 15.5 Å². The van der Waals surface area contributed by atoms with Crippen LogP contribution in [0.4, 0.5) is 0 Å². The monoisotopic (exact) mass is 309 g/mol. The Morgan fingerprint density at radius 1 is 1.00 bits per heavy atom. The van der Waals surface area contributed by atoms with Gasteiger partial charge in [-0.2, -0.15) is 8.42 Å². The maximum atomic E-state index is 10.7. The van der Waals surface area contributed by atoms with Crippen LogP contribution in [0.5, 0.6) is 0 Å². The molecule has 0 fully saturated rings. The zero-order chi connectivity index (χ0) is 15.9. The maximum absolute atomic E-state index is 10.7. The number of aryl methyl sites for hydroxylation is 1. The molecule has 2 aromatic carbocycles. The van der Waals surface area contributed by atoms with E-state index in [0.29, 0.717) is 0 Å². The second kappa shape index (κ2) is 7.51. The van der Waals surface area contributed by atoms with Crippen molar-refractivity contribution in [3.63, 3.8) is 0 Å². The van der Waals surface area contributed by atoms with E-state index in [9.17, 15) is 18.5 Å². The third-order valence-electron chi connectivity index (χ3n) is 2.50. The number of benzene rings is 2. The standard InChI is InChI=1S/C7H7NO5S.C7H8/c9-8(10)7(14(11,12)13)6-4-2-1-3-5-6;1-7-5-3-2-4-6-7/h1-5,7H,(H,11,12,13);2-6H,1H3. The molecule has 0 aromatic heterocycles. The van der Waals surface area contributed by atoms with E-state index in [1.807, 2.05) is 18.2 Å². The highest BCUT2D eigenvalue weighted by atomic mass is 32.2. The van der Waals surface area contributed by atoms with E-state index in [4.69, 9.17) is 4.55 Å². The topological polar surface area (TPSA) is 97.5 Å². The second-order valence-electron chi connectivity index (χ2n) is 4.22. The molecule has 2 aromatic rings. The third kappa shape index (κ3) is 5.72. The quantitative estimate of drug-likeness (QED) is 0.534. The molecule has 0 heterocycles. The van der Waals surface area contributed by atoms with Gasteiger partial charge in [0.05, 0.1) is 0 Å². The Labute approximate surface area is 123 Å². The van der Waals surface area contributed by atoms with Gasteiger partial charge in [0.25, 0.3) is 0 Å². The van der Waals surface area contributed by atoms with E-state index in [0.717, 1.165) is 0 Å². The molecule has 112 valence electrons. The first-order chi connectivity index (χ1) is 9.82. The van der Waals surface area contributed by atoms with Gasteiger partial charge in [-0.15, -0.1) is 0 Å². The first-order valence-corrected chi connectivity index (χ1v) is 7.49. The molecule has 0 amide bonds. The zero-order valence-electron chi connectivity index (χ0n) is 11.3. The van der Waals surface area contributed by atoms with Crippen molar-refractivity contribution in [1.82, 2.24) is 0 Å². The highest BCUT2D eigenvalue weighted by molar-refractivity contribution is 7.85. The van der Waals surface area contributed by atoms with Crippen molar-refractivity contribution < 1.29 is 17.9 Å². The van der Waals surface area contributed by atoms with Gasteiger partial charge < -0.3 is 0 Å². The molecule has 0 aliphatic carbocycles. The maximum Gasteiger partial charge on any atom is 0.359 e. The molecule has 7 heteroatoms. The first kappa shape index (κ1) is 16.8. The Kier molecular flexibility index (Phi) is 6.01. The van der Waals surface area contributed by atoms with Crippen LogP contribution in [0.2, 0.25) is 0 Å². The lowest BCUT2D eigenvalue weighted by molar-refractivity contribution is -0.503. The molecule has 0 saturated heterocycles. The Bertz CT molecular complexity index is 671. The van der Waals surface area contributed by atoms with Gasteiger partial charge in [0.15, 0.2) is 0 Å². The summed E-state index contributed by atoms with van der Waals surface area (Å²) in [6.45, 7) is 2.08. The van der Waals surface area contributed by atoms with Crippen LogP contribution in [-0.2, 0) is 10.1 Å². The predicted molar refractivity (Wildman–Crippen MR) is 78.9 cm³/mol. The highest BCUT2D eigenvalue weighted by Gasteiger charge is 2.36. The van der Waals surface area contributed by atoms with Crippen LogP contribution in [-0.4, -0.2) is 17.9 Å². The minimum absolute atomic E-state index is 0.0694. The van der Waals surface area contributed by atoms with E-state index in [1.165, 1.54) is 29.8 Å². The van der Waals surface area contributed by atoms with E-state index in [1.54, 1.807) is 6.07 Å². The van der Waals surface area contributed by atoms with Gasteiger partial charge in [-0.1, -0.05) is 66.2 Å². The number of nitrogens with zero attached hydrogens (tertiary/aromatic N) is 1. The normalized spacial score (nSPS) is 11.9. The lowest BCUT2D eigenvalue weighted by Crippen LogP contribution is -2.20. The molecular weight excluding hydrogens is 294 g/mol. The summed E-state index contributed by atoms with van der Waals surface area (Å²) in [6, 6.07) is 17.3. The molecular formula is C14H15NO5S. The van der Waals surface area contributed by atoms with Crippen LogP contribution in [0, 0.1) is 17.0 Å². The van der Waals surface area contributed by atoms with Crippen molar-refractivity contribution in [1.29, 1.82) is 0 Å². The average molecular weight is 309 g/mol. The molecule has 0 aliphatic rings. The summed E-state index contributed by atoms with van der Waals surface area (Å²) in [5.41, 5.74) is 1.25. The van der Waals surface area contributed by atoms with Crippen LogP contribution in [0.1, 0.15) is 16.5 Å². The lowest BCUT2D eigenvalue weighted by atomic mass is 10.2. The molecule has 1 unspecified atom stereocenters. The fourth-order valence-electron chi connectivity index (χ4n) is 1.55. The summed E-state index contributed by atoms with van der Waals surface area (Å²) < 4.78 is 30.0. The van der Waals surface area contributed by atoms with Crippen LogP contribution < -0.4 is 0 Å². The summed E-state index contributed by atoms with van der Waals surface area (Å²) in [5, 5.41) is 8.31. The minimum atomic E-state index is -4.72. The molecule has 6 nitrogen and oxygen atoms in total. The summed E-state index contributed by atoms with van der Waals surface area (Å²) in [7, 11) is -4.72. The summed E-state index contributed by atoms with van der Waals surface area (Å²) >= 11 is 0. The lowest BCUT2D eigenvalue weighted by Gasteiger charge is -2.05. The van der Waals surface area contributed by atoms with Gasteiger partial charge in [-0.3, -0.25) is 14.7 Å². The van der Waals surface area contributed by atoms with E-state index in [-0.39, 0.29) is 5.56 Å². The Balaban J connectivity index is 0.000000262. The minimum Gasteiger partial charge on any atom is -0.280 e. The first-order valence-electron chi connectivity index (χ1n) is 5.98. The van der Waals surface area contributed by atoms with Crippen molar-refractivity contribution in [2.75, 3.05) is 0 Å². The molecule has 2 rings (SSSR count). The summed E-state index contributed by atoms with van der Waals surface area (Å²) in [5.74, 6) is 0. The van der Waals surface area contributed by atoms with Crippen LogP contribution in [0.15, 0.2) is 60.7 Å². The van der Waals surface area contributed by atoms with Gasteiger partial charge in [-0.25, -0.2) is 0 Å². The van der Waals surface area contributed by atoms with Crippen LogP contribution in [0.3, 0.4) is 0 Å². The van der Waals surface area contributed by atoms with Gasteiger partial charge in [0.2, 0.25) is 0 Å². The Hall–Kier alpha value is -2.25. The predicted octanol–water partition coefficient (Wildman–Crippen LogP) is 2.84.